The van der Waals surface area contributed by atoms with Crippen LogP contribution in [0.25, 0.3) is 22.0 Å². The van der Waals surface area contributed by atoms with Crippen LogP contribution in [0.4, 0.5) is 0 Å². The lowest BCUT2D eigenvalue weighted by Crippen LogP contribution is -2.31. The highest BCUT2D eigenvalue weighted by Crippen LogP contribution is 2.31. The van der Waals surface area contributed by atoms with Gasteiger partial charge >= 0.3 is 0 Å². The van der Waals surface area contributed by atoms with Crippen molar-refractivity contribution in [2.45, 2.75) is 25.8 Å². The fourth-order valence-electron chi connectivity index (χ4n) is 4.06. The van der Waals surface area contributed by atoms with Crippen molar-refractivity contribution in [1.29, 1.82) is 0 Å². The van der Waals surface area contributed by atoms with E-state index in [1.807, 2.05) is 48.5 Å². The second-order valence-electron chi connectivity index (χ2n) is 7.97. The summed E-state index contributed by atoms with van der Waals surface area (Å²) in [7, 11) is 0. The fraction of sp³-hybridized carbons (Fsp3) is 0.192. The van der Waals surface area contributed by atoms with Gasteiger partial charge in [-0.15, -0.1) is 0 Å². The summed E-state index contributed by atoms with van der Waals surface area (Å²) < 4.78 is 1.39. The number of fused-ring (bicyclic) bond motifs is 1. The van der Waals surface area contributed by atoms with Crippen LogP contribution in [0.3, 0.4) is 0 Å². The molecular formula is C26H23Cl2N3O3. The summed E-state index contributed by atoms with van der Waals surface area (Å²) >= 11 is 12.2. The van der Waals surface area contributed by atoms with Crippen molar-refractivity contribution in [2.75, 3.05) is 6.61 Å². The zero-order valence-corrected chi connectivity index (χ0v) is 19.8. The van der Waals surface area contributed by atoms with Crippen LogP contribution in [0.15, 0.2) is 65.5 Å². The lowest BCUT2D eigenvalue weighted by atomic mass is 9.97. The Morgan fingerprint density at radius 2 is 1.76 bits per heavy atom. The Bertz CT molecular complexity index is 1420. The van der Waals surface area contributed by atoms with E-state index in [0.717, 1.165) is 11.1 Å². The van der Waals surface area contributed by atoms with E-state index in [9.17, 15) is 14.7 Å². The number of carbonyl (C=O) groups is 1. The van der Waals surface area contributed by atoms with Gasteiger partial charge in [-0.05, 0) is 42.2 Å². The van der Waals surface area contributed by atoms with Gasteiger partial charge in [0.2, 0.25) is 0 Å². The number of aromatic nitrogens is 2. The van der Waals surface area contributed by atoms with E-state index in [-0.39, 0.29) is 24.4 Å². The minimum atomic E-state index is -0.693. The van der Waals surface area contributed by atoms with Gasteiger partial charge in [0.1, 0.15) is 11.2 Å². The van der Waals surface area contributed by atoms with Crippen molar-refractivity contribution in [2.24, 2.45) is 5.73 Å². The van der Waals surface area contributed by atoms with Gasteiger partial charge in [0.15, 0.2) is 0 Å². The molecule has 3 N–H and O–H groups in total. The number of unbranched alkanes of at least 4 members (excludes halogenated alkanes) is 1. The van der Waals surface area contributed by atoms with Crippen LogP contribution < -0.4 is 11.3 Å². The van der Waals surface area contributed by atoms with Crippen molar-refractivity contribution >= 4 is 40.0 Å². The Morgan fingerprint density at radius 1 is 1.00 bits per heavy atom. The monoisotopic (exact) mass is 495 g/mol. The number of aliphatic hydroxyl groups is 1. The molecule has 4 rings (SSSR count). The van der Waals surface area contributed by atoms with E-state index in [1.54, 1.807) is 12.1 Å². The van der Waals surface area contributed by atoms with Crippen molar-refractivity contribution in [3.8, 4) is 11.1 Å². The number of primary amides is 1. The molecule has 0 spiro atoms. The summed E-state index contributed by atoms with van der Waals surface area (Å²) in [6.45, 7) is 0.234. The van der Waals surface area contributed by atoms with Crippen molar-refractivity contribution in [1.82, 2.24) is 9.55 Å². The number of nitrogens with zero attached hydrogens (tertiary/aromatic N) is 2. The maximum Gasteiger partial charge on any atom is 0.277 e. The van der Waals surface area contributed by atoms with Crippen molar-refractivity contribution in [3.05, 3.63) is 98.0 Å². The van der Waals surface area contributed by atoms with Crippen LogP contribution in [0, 0.1) is 0 Å². The number of hydrogen-bond donors (Lipinski definition) is 2. The van der Waals surface area contributed by atoms with Gasteiger partial charge < -0.3 is 15.4 Å². The summed E-state index contributed by atoms with van der Waals surface area (Å²) in [4.78, 5) is 30.8. The largest absolute Gasteiger partial charge is 0.396 e. The van der Waals surface area contributed by atoms with Crippen LogP contribution in [0.2, 0.25) is 10.0 Å². The number of halogens is 2. The van der Waals surface area contributed by atoms with E-state index >= 15 is 0 Å². The molecule has 4 aromatic rings. The number of aliphatic hydroxyl groups excluding tert-OH is 1. The molecule has 0 aliphatic rings. The first-order valence-corrected chi connectivity index (χ1v) is 11.6. The predicted molar refractivity (Wildman–Crippen MR) is 136 cm³/mol. The van der Waals surface area contributed by atoms with Gasteiger partial charge in [-0.3, -0.25) is 9.59 Å². The lowest BCUT2D eigenvalue weighted by molar-refractivity contribution is 0.0991. The molecule has 0 unspecified atom stereocenters. The molecule has 0 saturated heterocycles. The fourth-order valence-corrected chi connectivity index (χ4v) is 4.38. The van der Waals surface area contributed by atoms with Gasteiger partial charge in [0.05, 0.1) is 10.0 Å². The Kier molecular flexibility index (Phi) is 7.32. The number of amides is 1. The molecule has 0 bridgehead atoms. The highest BCUT2D eigenvalue weighted by Gasteiger charge is 2.22. The molecule has 0 saturated carbocycles. The number of hydrogen-bond acceptors (Lipinski definition) is 4. The molecular weight excluding hydrogens is 473 g/mol. The summed E-state index contributed by atoms with van der Waals surface area (Å²) in [5, 5.41) is 10.7. The van der Waals surface area contributed by atoms with E-state index in [1.165, 1.54) is 4.57 Å². The van der Waals surface area contributed by atoms with Crippen molar-refractivity contribution < 1.29 is 9.90 Å². The lowest BCUT2D eigenvalue weighted by Gasteiger charge is -2.18. The summed E-state index contributed by atoms with van der Waals surface area (Å²) in [6, 6.07) is 18.3. The number of pyridine rings is 2. The minimum Gasteiger partial charge on any atom is -0.396 e. The zero-order valence-electron chi connectivity index (χ0n) is 18.3. The molecule has 2 aromatic heterocycles. The molecule has 174 valence electrons. The first-order chi connectivity index (χ1) is 16.4. The van der Waals surface area contributed by atoms with Crippen LogP contribution in [0.5, 0.6) is 0 Å². The van der Waals surface area contributed by atoms with Gasteiger partial charge in [-0.2, -0.15) is 0 Å². The first-order valence-electron chi connectivity index (χ1n) is 10.9. The van der Waals surface area contributed by atoms with Crippen LogP contribution in [0.1, 0.15) is 34.6 Å². The van der Waals surface area contributed by atoms with Gasteiger partial charge in [-0.1, -0.05) is 65.7 Å². The minimum absolute atomic E-state index is 0.00811. The number of nitrogens with two attached hydrogens (primary N) is 1. The number of carbonyl (C=O) groups excluding carboxylic acids is 1. The highest BCUT2D eigenvalue weighted by molar-refractivity contribution is 6.42. The van der Waals surface area contributed by atoms with Crippen molar-refractivity contribution in [3.63, 3.8) is 0 Å². The molecule has 0 aliphatic heterocycles. The average molecular weight is 496 g/mol. The Labute approximate surface area is 206 Å². The standard InChI is InChI=1S/C26H23Cl2N3O3/c27-20-11-8-16(15-21(20)28)14-18-9-10-19-22(17-6-2-1-3-7-17)24(25(29)33)31(12-4-5-13-32)26(34)23(19)30-18/h1-3,6-11,15,32H,4-5,12-14H2,(H2,29,33). The van der Waals surface area contributed by atoms with E-state index in [4.69, 9.17) is 28.9 Å². The molecule has 2 aromatic carbocycles. The maximum absolute atomic E-state index is 13.5. The van der Waals surface area contributed by atoms with E-state index < -0.39 is 11.5 Å². The number of rotatable bonds is 8. The highest BCUT2D eigenvalue weighted by atomic mass is 35.5. The number of benzene rings is 2. The van der Waals surface area contributed by atoms with Crippen LogP contribution in [-0.4, -0.2) is 27.2 Å². The average Bonchev–Trinajstić information content (AvgIpc) is 2.83. The van der Waals surface area contributed by atoms with Crippen LogP contribution in [-0.2, 0) is 13.0 Å². The van der Waals surface area contributed by atoms with Gasteiger partial charge in [-0.25, -0.2) is 4.98 Å². The Morgan fingerprint density at radius 3 is 2.44 bits per heavy atom. The molecule has 0 atom stereocenters. The second-order valence-corrected chi connectivity index (χ2v) is 8.78. The molecule has 1 amide bonds. The molecule has 0 aliphatic carbocycles. The van der Waals surface area contributed by atoms with Crippen LogP contribution >= 0.6 is 23.2 Å². The SMILES string of the molecule is NC(=O)c1c(-c2ccccc2)c2ccc(Cc3ccc(Cl)c(Cl)c3)nc2c(=O)n1CCCCO. The second kappa shape index (κ2) is 10.4. The molecule has 34 heavy (non-hydrogen) atoms. The summed E-state index contributed by atoms with van der Waals surface area (Å²) in [5.74, 6) is -0.693. The molecule has 2 heterocycles. The molecule has 6 nitrogen and oxygen atoms in total. The third-order valence-corrected chi connectivity index (χ3v) is 6.37. The van der Waals surface area contributed by atoms with Gasteiger partial charge in [0, 0.05) is 36.2 Å². The third kappa shape index (κ3) is 4.85. The maximum atomic E-state index is 13.5. The van der Waals surface area contributed by atoms with E-state index in [2.05, 4.69) is 4.98 Å². The zero-order chi connectivity index (χ0) is 24.2. The Hall–Kier alpha value is -3.19. The normalized spacial score (nSPS) is 11.1. The smallest absolute Gasteiger partial charge is 0.277 e. The molecule has 0 radical (unpaired) electrons. The Balaban J connectivity index is 1.94. The predicted octanol–water partition coefficient (Wildman–Crippen LogP) is 4.83. The molecule has 0 fully saturated rings. The third-order valence-electron chi connectivity index (χ3n) is 5.63. The topological polar surface area (TPSA) is 98.2 Å². The first kappa shape index (κ1) is 24.0. The quantitative estimate of drug-likeness (QED) is 0.342. The summed E-state index contributed by atoms with van der Waals surface area (Å²) in [6.07, 6.45) is 1.46. The summed E-state index contributed by atoms with van der Waals surface area (Å²) in [5.41, 5.74) is 8.70. The molecule has 8 heteroatoms. The van der Waals surface area contributed by atoms with E-state index in [0.29, 0.717) is 46.0 Å². The van der Waals surface area contributed by atoms with Gasteiger partial charge in [0.25, 0.3) is 11.5 Å².